The third-order valence-electron chi connectivity index (χ3n) is 10.2. The Morgan fingerprint density at radius 3 is 2.63 bits per heavy atom. The third kappa shape index (κ3) is 2.37. The summed E-state index contributed by atoms with van der Waals surface area (Å²) in [7, 11) is 0. The van der Waals surface area contributed by atoms with E-state index in [0.717, 1.165) is 44.1 Å². The van der Waals surface area contributed by atoms with E-state index in [1.807, 2.05) is 0 Å². The van der Waals surface area contributed by atoms with Crippen LogP contribution in [0.5, 0.6) is 0 Å². The zero-order valence-corrected chi connectivity index (χ0v) is 18.4. The number of carbonyl (C=O) groups excluding carboxylic acids is 2. The molecule has 4 bridgehead atoms. The Morgan fingerprint density at radius 1 is 1.10 bits per heavy atom. The Balaban J connectivity index is 1.39. The van der Waals surface area contributed by atoms with Gasteiger partial charge in [0.25, 0.3) is 0 Å². The van der Waals surface area contributed by atoms with Crippen LogP contribution in [0.25, 0.3) is 0 Å². The second kappa shape index (κ2) is 6.31. The van der Waals surface area contributed by atoms with E-state index in [4.69, 9.17) is 4.74 Å². The molecule has 5 saturated carbocycles. The standard InChI is InChI=1S/C26H35NO3/c1-12(2)16-5-6-21(27-14(4)28)18-10-17(18)19-11-22-26-8-7-15(13(3)25(26)29)9-20(26)24(30-22)23(16)19/h15-24H,1,3,5-11H2,2,4H3,(H,27,28). The van der Waals surface area contributed by atoms with Crippen molar-refractivity contribution in [2.24, 2.45) is 46.8 Å². The Hall–Kier alpha value is -1.42. The number of fused-ring (bicyclic) bond motifs is 8. The van der Waals surface area contributed by atoms with Crippen LogP contribution >= 0.6 is 0 Å². The first kappa shape index (κ1) is 19.3. The van der Waals surface area contributed by atoms with Crippen LogP contribution in [0, 0.1) is 46.8 Å². The van der Waals surface area contributed by atoms with E-state index in [-0.39, 0.29) is 23.5 Å². The number of ketones is 1. The molecule has 1 N–H and O–H groups in total. The van der Waals surface area contributed by atoms with Gasteiger partial charge >= 0.3 is 0 Å². The van der Waals surface area contributed by atoms with E-state index in [9.17, 15) is 9.59 Å². The number of amides is 1. The number of hydrogen-bond donors (Lipinski definition) is 1. The molecular weight excluding hydrogens is 374 g/mol. The van der Waals surface area contributed by atoms with Gasteiger partial charge in [0.2, 0.25) is 5.91 Å². The lowest BCUT2D eigenvalue weighted by molar-refractivity contribution is -0.140. The zero-order valence-electron chi connectivity index (χ0n) is 18.4. The molecule has 0 aromatic heterocycles. The highest BCUT2D eigenvalue weighted by Crippen LogP contribution is 2.69. The summed E-state index contributed by atoms with van der Waals surface area (Å²) < 4.78 is 6.82. The van der Waals surface area contributed by atoms with Gasteiger partial charge in [0.1, 0.15) is 0 Å². The van der Waals surface area contributed by atoms with Crippen molar-refractivity contribution in [1.82, 2.24) is 5.32 Å². The molecule has 7 rings (SSSR count). The fourth-order valence-corrected chi connectivity index (χ4v) is 8.93. The van der Waals surface area contributed by atoms with Crippen LogP contribution in [0.1, 0.15) is 58.8 Å². The summed E-state index contributed by atoms with van der Waals surface area (Å²) in [6, 6.07) is 0.300. The monoisotopic (exact) mass is 409 g/mol. The van der Waals surface area contributed by atoms with Crippen molar-refractivity contribution in [3.63, 3.8) is 0 Å². The highest BCUT2D eigenvalue weighted by atomic mass is 16.5. The second-order valence-electron chi connectivity index (χ2n) is 11.4. The molecule has 7 fully saturated rings. The second-order valence-corrected chi connectivity index (χ2v) is 11.4. The Bertz CT molecular complexity index is 847. The average molecular weight is 410 g/mol. The van der Waals surface area contributed by atoms with Gasteiger partial charge in [0.15, 0.2) is 5.78 Å². The molecule has 2 saturated heterocycles. The van der Waals surface area contributed by atoms with Gasteiger partial charge in [-0.05, 0) is 93.0 Å². The lowest BCUT2D eigenvalue weighted by atomic mass is 9.51. The fourth-order valence-electron chi connectivity index (χ4n) is 8.93. The Morgan fingerprint density at radius 2 is 1.90 bits per heavy atom. The van der Waals surface area contributed by atoms with Crippen LogP contribution < -0.4 is 5.32 Å². The van der Waals surface area contributed by atoms with Crippen LogP contribution in [0.2, 0.25) is 0 Å². The molecule has 1 spiro atoms. The highest BCUT2D eigenvalue weighted by molar-refractivity contribution is 6.02. The molecule has 11 unspecified atom stereocenters. The molecule has 4 heteroatoms. The smallest absolute Gasteiger partial charge is 0.217 e. The maximum Gasteiger partial charge on any atom is 0.217 e. The van der Waals surface area contributed by atoms with E-state index < -0.39 is 0 Å². The van der Waals surface area contributed by atoms with Crippen LogP contribution in [0.4, 0.5) is 0 Å². The molecular formula is C26H35NO3. The molecule has 30 heavy (non-hydrogen) atoms. The van der Waals surface area contributed by atoms with Gasteiger partial charge in [-0.2, -0.15) is 0 Å². The molecule has 2 heterocycles. The summed E-state index contributed by atoms with van der Waals surface area (Å²) >= 11 is 0. The quantitative estimate of drug-likeness (QED) is 0.553. The van der Waals surface area contributed by atoms with E-state index >= 15 is 0 Å². The van der Waals surface area contributed by atoms with Crippen LogP contribution in [0.15, 0.2) is 24.3 Å². The van der Waals surface area contributed by atoms with Crippen molar-refractivity contribution >= 4 is 11.7 Å². The molecule has 5 aliphatic carbocycles. The molecule has 1 amide bonds. The molecule has 4 nitrogen and oxygen atoms in total. The first-order valence-corrected chi connectivity index (χ1v) is 12.1. The number of rotatable bonds is 2. The summed E-state index contributed by atoms with van der Waals surface area (Å²) in [4.78, 5) is 25.3. The molecule has 2 aliphatic heterocycles. The van der Waals surface area contributed by atoms with Crippen LogP contribution in [0.3, 0.4) is 0 Å². The van der Waals surface area contributed by atoms with Crippen LogP contribution in [-0.2, 0) is 14.3 Å². The van der Waals surface area contributed by atoms with Gasteiger partial charge in [-0.1, -0.05) is 18.7 Å². The normalized spacial score (nSPS) is 53.1. The fraction of sp³-hybridized carbons (Fsp3) is 0.769. The van der Waals surface area contributed by atoms with E-state index in [1.165, 1.54) is 12.0 Å². The summed E-state index contributed by atoms with van der Waals surface area (Å²) in [5.74, 6) is 3.95. The predicted octanol–water partition coefficient (Wildman–Crippen LogP) is 4.06. The summed E-state index contributed by atoms with van der Waals surface area (Å²) in [6.45, 7) is 12.4. The van der Waals surface area contributed by atoms with Crippen molar-refractivity contribution in [2.45, 2.75) is 77.0 Å². The summed E-state index contributed by atoms with van der Waals surface area (Å²) in [6.07, 6.45) is 7.82. The summed E-state index contributed by atoms with van der Waals surface area (Å²) in [5, 5.41) is 3.26. The number of carbonyl (C=O) groups is 2. The number of hydrogen-bond acceptors (Lipinski definition) is 3. The molecule has 0 aromatic carbocycles. The van der Waals surface area contributed by atoms with Crippen molar-refractivity contribution in [1.29, 1.82) is 0 Å². The van der Waals surface area contributed by atoms with Crippen molar-refractivity contribution < 1.29 is 14.3 Å². The molecule has 11 atom stereocenters. The van der Waals surface area contributed by atoms with Gasteiger partial charge in [0.05, 0.1) is 17.6 Å². The van der Waals surface area contributed by atoms with Gasteiger partial charge in [-0.25, -0.2) is 0 Å². The van der Waals surface area contributed by atoms with Crippen LogP contribution in [-0.4, -0.2) is 29.9 Å². The third-order valence-corrected chi connectivity index (χ3v) is 10.2. The lowest BCUT2D eigenvalue weighted by Gasteiger charge is -2.50. The predicted molar refractivity (Wildman–Crippen MR) is 114 cm³/mol. The number of nitrogens with one attached hydrogen (secondary N) is 1. The number of Topliss-reactive ketones (excluding diaryl/α,β-unsaturated/α-hetero) is 1. The summed E-state index contributed by atoms with van der Waals surface area (Å²) in [5.41, 5.74) is 1.85. The van der Waals surface area contributed by atoms with Gasteiger partial charge < -0.3 is 10.1 Å². The number of ether oxygens (including phenoxy) is 1. The van der Waals surface area contributed by atoms with Crippen molar-refractivity contribution in [3.8, 4) is 0 Å². The zero-order chi connectivity index (χ0) is 20.9. The molecule has 162 valence electrons. The Labute approximate surface area is 179 Å². The van der Waals surface area contributed by atoms with Crippen molar-refractivity contribution in [2.75, 3.05) is 0 Å². The SMILES string of the molecule is C=C1C(=O)C23CCC1CC2C1OC3CC2C3CC3C(NC(C)=O)CCC(C(=C)C)C21. The first-order valence-electron chi connectivity index (χ1n) is 12.1. The molecule has 0 radical (unpaired) electrons. The lowest BCUT2D eigenvalue weighted by Crippen LogP contribution is -2.53. The minimum atomic E-state index is -0.293. The van der Waals surface area contributed by atoms with E-state index in [0.29, 0.717) is 53.3 Å². The van der Waals surface area contributed by atoms with E-state index in [1.54, 1.807) is 6.92 Å². The minimum Gasteiger partial charge on any atom is -0.373 e. The van der Waals surface area contributed by atoms with Gasteiger partial charge in [-0.15, -0.1) is 0 Å². The van der Waals surface area contributed by atoms with E-state index in [2.05, 4.69) is 25.4 Å². The molecule has 0 aromatic rings. The average Bonchev–Trinajstić information content (AvgIpc) is 3.44. The van der Waals surface area contributed by atoms with Gasteiger partial charge in [-0.3, -0.25) is 9.59 Å². The first-order chi connectivity index (χ1) is 14.3. The van der Waals surface area contributed by atoms with Gasteiger partial charge in [0, 0.05) is 18.9 Å². The maximum atomic E-state index is 13.5. The van der Waals surface area contributed by atoms with Crippen molar-refractivity contribution in [3.05, 3.63) is 24.3 Å². The topological polar surface area (TPSA) is 55.4 Å². The number of allylic oxidation sites excluding steroid dienone is 2. The molecule has 7 aliphatic rings. The minimum absolute atomic E-state index is 0.0740. The maximum absolute atomic E-state index is 13.5. The Kier molecular flexibility index (Phi) is 4.05. The largest absolute Gasteiger partial charge is 0.373 e. The highest BCUT2D eigenvalue weighted by Gasteiger charge is 2.71.